The Kier molecular flexibility index (Phi) is 6.10. The molecule has 2 aliphatic heterocycles. The second-order valence-electron chi connectivity index (χ2n) is 9.71. The van der Waals surface area contributed by atoms with Crippen LogP contribution in [0.25, 0.3) is 11.0 Å². The number of carbonyl (C=O) groups excluding carboxylic acids is 1. The molecule has 1 spiro atoms. The summed E-state index contributed by atoms with van der Waals surface area (Å²) < 4.78 is 78.5. The van der Waals surface area contributed by atoms with E-state index in [9.17, 15) is 26.4 Å². The molecule has 0 aromatic carbocycles. The molecule has 1 atom stereocenters. The van der Waals surface area contributed by atoms with Gasteiger partial charge in [-0.15, -0.1) is 0 Å². The van der Waals surface area contributed by atoms with E-state index in [1.54, 1.807) is 20.8 Å². The number of halogens is 3. The number of hydrogen-bond donors (Lipinski definition) is 2. The van der Waals surface area contributed by atoms with Crippen molar-refractivity contribution in [1.29, 1.82) is 0 Å². The molecule has 4 heterocycles. The number of alkyl carbamates (subject to hydrolysis) is 1. The summed E-state index contributed by atoms with van der Waals surface area (Å²) in [5.41, 5.74) is -2.20. The van der Waals surface area contributed by atoms with E-state index < -0.39 is 39.1 Å². The minimum absolute atomic E-state index is 0.0354. The highest BCUT2D eigenvalue weighted by molar-refractivity contribution is 7.89. The zero-order chi connectivity index (χ0) is 24.9. The van der Waals surface area contributed by atoms with Crippen molar-refractivity contribution in [3.05, 3.63) is 24.0 Å². The molecular weight excluding hydrogens is 477 g/mol. The maximum absolute atomic E-state index is 13.2. The highest BCUT2D eigenvalue weighted by atomic mass is 32.2. The lowest BCUT2D eigenvalue weighted by Crippen LogP contribution is -2.47. The smallest absolute Gasteiger partial charge is 0.418 e. The van der Waals surface area contributed by atoms with Gasteiger partial charge in [0.05, 0.1) is 23.8 Å². The quantitative estimate of drug-likeness (QED) is 0.662. The normalized spacial score (nSPS) is 21.8. The fourth-order valence-electron chi connectivity index (χ4n) is 4.40. The number of ether oxygens (including phenoxy) is 2. The summed E-state index contributed by atoms with van der Waals surface area (Å²) in [7, 11) is -4.05. The van der Waals surface area contributed by atoms with Crippen LogP contribution in [0.15, 0.2) is 23.4 Å². The number of pyridine rings is 1. The average Bonchev–Trinajstić information content (AvgIpc) is 3.30. The third-order valence-electron chi connectivity index (χ3n) is 6.01. The van der Waals surface area contributed by atoms with Crippen molar-refractivity contribution < 1.29 is 35.9 Å². The monoisotopic (exact) mass is 504 g/mol. The first kappa shape index (κ1) is 24.7. The molecule has 2 aliphatic rings. The molecule has 188 valence electrons. The van der Waals surface area contributed by atoms with E-state index in [1.165, 1.54) is 4.31 Å². The Balaban J connectivity index is 1.43. The number of hydrogen-bond acceptors (Lipinski definition) is 6. The molecule has 0 saturated carbocycles. The second-order valence-corrected chi connectivity index (χ2v) is 11.7. The van der Waals surface area contributed by atoms with Gasteiger partial charge >= 0.3 is 12.3 Å². The molecule has 2 N–H and O–H groups in total. The number of aromatic amines is 1. The Labute approximate surface area is 195 Å². The number of sulfonamides is 1. The van der Waals surface area contributed by atoms with Gasteiger partial charge in [-0.2, -0.15) is 17.5 Å². The van der Waals surface area contributed by atoms with Crippen LogP contribution < -0.4 is 5.32 Å². The van der Waals surface area contributed by atoms with Gasteiger partial charge < -0.3 is 19.8 Å². The summed E-state index contributed by atoms with van der Waals surface area (Å²) in [6, 6.07) is 0.757. The van der Waals surface area contributed by atoms with Crippen LogP contribution in [0.1, 0.15) is 45.6 Å². The molecule has 0 radical (unpaired) electrons. The highest BCUT2D eigenvalue weighted by Crippen LogP contribution is 2.38. The van der Waals surface area contributed by atoms with Crippen molar-refractivity contribution in [2.45, 2.75) is 68.3 Å². The molecule has 9 nitrogen and oxygen atoms in total. The highest BCUT2D eigenvalue weighted by Gasteiger charge is 2.45. The van der Waals surface area contributed by atoms with E-state index in [-0.39, 0.29) is 35.1 Å². The number of piperidine rings is 1. The Hall–Kier alpha value is -2.38. The van der Waals surface area contributed by atoms with Crippen LogP contribution in [0.4, 0.5) is 18.0 Å². The fourth-order valence-corrected chi connectivity index (χ4v) is 5.82. The van der Waals surface area contributed by atoms with Gasteiger partial charge in [-0.3, -0.25) is 0 Å². The number of nitrogens with one attached hydrogen (secondary N) is 2. The summed E-state index contributed by atoms with van der Waals surface area (Å²) in [5, 5.41) is 2.49. The third kappa shape index (κ3) is 5.01. The molecule has 2 aromatic rings. The number of fused-ring (bicyclic) bond motifs is 1. The molecule has 34 heavy (non-hydrogen) atoms. The molecule has 13 heteroatoms. The van der Waals surface area contributed by atoms with Crippen LogP contribution in [0.3, 0.4) is 0 Å². The fraction of sp³-hybridized carbons (Fsp3) is 0.619. The topological polar surface area (TPSA) is 114 Å². The van der Waals surface area contributed by atoms with Crippen molar-refractivity contribution in [3.63, 3.8) is 0 Å². The van der Waals surface area contributed by atoms with Crippen LogP contribution in [-0.2, 0) is 25.7 Å². The van der Waals surface area contributed by atoms with Crippen LogP contribution in [-0.4, -0.2) is 65.7 Å². The van der Waals surface area contributed by atoms with Gasteiger partial charge in [0.1, 0.15) is 16.1 Å². The van der Waals surface area contributed by atoms with Crippen molar-refractivity contribution >= 4 is 27.1 Å². The predicted octanol–water partition coefficient (Wildman–Crippen LogP) is 3.42. The Morgan fingerprint density at radius 1 is 1.29 bits per heavy atom. The first-order chi connectivity index (χ1) is 15.7. The van der Waals surface area contributed by atoms with Crippen molar-refractivity contribution in [1.82, 2.24) is 19.6 Å². The lowest BCUT2D eigenvalue weighted by atomic mass is 9.88. The van der Waals surface area contributed by atoms with Gasteiger partial charge in [-0.25, -0.2) is 18.2 Å². The Bertz CT molecular complexity index is 1180. The molecule has 2 fully saturated rings. The van der Waals surface area contributed by atoms with Crippen LogP contribution in [0.5, 0.6) is 0 Å². The third-order valence-corrected chi connectivity index (χ3v) is 7.88. The van der Waals surface area contributed by atoms with Crippen LogP contribution >= 0.6 is 0 Å². The Morgan fingerprint density at radius 2 is 1.97 bits per heavy atom. The molecule has 2 aromatic heterocycles. The molecule has 0 aliphatic carbocycles. The van der Waals surface area contributed by atoms with Crippen LogP contribution in [0, 0.1) is 0 Å². The summed E-state index contributed by atoms with van der Waals surface area (Å²) in [6.07, 6.45) is -2.03. The number of rotatable bonds is 3. The SMILES string of the molecule is CC(C)(C)OC(=O)N[C@H]1COC2(CCN(S(=O)(=O)c3cnc4[nH]cc(C(F)(F)F)c4c3)CC2)C1. The van der Waals surface area contributed by atoms with E-state index in [1.807, 2.05) is 0 Å². The number of H-pyrrole nitrogens is 1. The molecule has 1 amide bonds. The Morgan fingerprint density at radius 3 is 2.59 bits per heavy atom. The lowest BCUT2D eigenvalue weighted by Gasteiger charge is -2.37. The summed E-state index contributed by atoms with van der Waals surface area (Å²) in [6.45, 7) is 5.87. The molecule has 0 unspecified atom stereocenters. The zero-order valence-corrected chi connectivity index (χ0v) is 19.8. The number of nitrogens with zero attached hydrogens (tertiary/aromatic N) is 2. The van der Waals surface area contributed by atoms with Crippen molar-refractivity contribution in [3.8, 4) is 0 Å². The predicted molar refractivity (Wildman–Crippen MR) is 116 cm³/mol. The van der Waals surface area contributed by atoms with E-state index in [4.69, 9.17) is 9.47 Å². The largest absolute Gasteiger partial charge is 0.444 e. The van der Waals surface area contributed by atoms with E-state index in [0.717, 1.165) is 18.5 Å². The van der Waals surface area contributed by atoms with Gasteiger partial charge in [0.25, 0.3) is 0 Å². The average molecular weight is 505 g/mol. The van der Waals surface area contributed by atoms with E-state index in [2.05, 4.69) is 15.3 Å². The molecule has 4 rings (SSSR count). The van der Waals surface area contributed by atoms with Gasteiger partial charge in [-0.05, 0) is 46.1 Å². The minimum Gasteiger partial charge on any atom is -0.444 e. The molecule has 0 bridgehead atoms. The van der Waals surface area contributed by atoms with Crippen molar-refractivity contribution in [2.24, 2.45) is 0 Å². The zero-order valence-electron chi connectivity index (χ0n) is 19.0. The van der Waals surface area contributed by atoms with Gasteiger partial charge in [0.2, 0.25) is 10.0 Å². The number of aromatic nitrogens is 2. The van der Waals surface area contributed by atoms with Gasteiger partial charge in [0.15, 0.2) is 0 Å². The summed E-state index contributed by atoms with van der Waals surface area (Å²) in [4.78, 5) is 18.0. The van der Waals surface area contributed by atoms with Gasteiger partial charge in [-0.1, -0.05) is 0 Å². The molecule has 2 saturated heterocycles. The van der Waals surface area contributed by atoms with E-state index in [0.29, 0.717) is 25.9 Å². The first-order valence-electron chi connectivity index (χ1n) is 10.9. The second kappa shape index (κ2) is 8.38. The van der Waals surface area contributed by atoms with Gasteiger partial charge in [0, 0.05) is 30.9 Å². The maximum Gasteiger partial charge on any atom is 0.418 e. The summed E-state index contributed by atoms with van der Waals surface area (Å²) >= 11 is 0. The van der Waals surface area contributed by atoms with E-state index >= 15 is 0 Å². The van der Waals surface area contributed by atoms with Crippen LogP contribution in [0.2, 0.25) is 0 Å². The molecular formula is C21H27F3N4O5S. The first-order valence-corrected chi connectivity index (χ1v) is 12.3. The lowest BCUT2D eigenvalue weighted by molar-refractivity contribution is -0.136. The number of alkyl halides is 3. The number of amides is 1. The maximum atomic E-state index is 13.2. The summed E-state index contributed by atoms with van der Waals surface area (Å²) in [5.74, 6) is 0. The minimum atomic E-state index is -4.64. The standard InChI is InChI=1S/C21H27F3N4O5S/c1-19(2,3)33-18(29)27-13-9-20(32-12-13)4-6-28(7-5-20)34(30,31)14-8-15-16(21(22,23)24)11-26-17(15)25-10-14/h8,10-11,13H,4-7,9,12H2,1-3H3,(H,25,26)(H,27,29)/t13-/m1/s1. The van der Waals surface area contributed by atoms with Crippen molar-refractivity contribution in [2.75, 3.05) is 19.7 Å². The number of carbonyl (C=O) groups is 1.